The molecule has 0 N–H and O–H groups in total. The minimum Gasteiger partial charge on any atom is -0.348 e. The van der Waals surface area contributed by atoms with Gasteiger partial charge in [-0.15, -0.1) is 11.8 Å². The fourth-order valence-corrected chi connectivity index (χ4v) is 3.89. The summed E-state index contributed by atoms with van der Waals surface area (Å²) in [4.78, 5) is 0. The molecule has 2 aliphatic rings. The zero-order chi connectivity index (χ0) is 16.0. The average Bonchev–Trinajstić information content (AvgIpc) is 3.08. The van der Waals surface area contributed by atoms with Gasteiger partial charge in [0.05, 0.1) is 20.6 Å². The maximum atomic E-state index is 5.95. The van der Waals surface area contributed by atoms with Gasteiger partial charge in [0.1, 0.15) is 0 Å². The molecule has 2 fully saturated rings. The fourth-order valence-electron chi connectivity index (χ4n) is 2.14. The van der Waals surface area contributed by atoms with E-state index >= 15 is 0 Å². The lowest BCUT2D eigenvalue weighted by molar-refractivity contribution is -0.141. The summed E-state index contributed by atoms with van der Waals surface area (Å²) in [6.07, 6.45) is 3.43. The van der Waals surface area contributed by atoms with E-state index in [1.807, 2.05) is 53.3 Å². The van der Waals surface area contributed by atoms with Crippen LogP contribution in [0.15, 0.2) is 0 Å². The van der Waals surface area contributed by atoms with Crippen LogP contribution in [0.2, 0.25) is 6.32 Å². The van der Waals surface area contributed by atoms with Gasteiger partial charge in [-0.25, -0.2) is 0 Å². The van der Waals surface area contributed by atoms with Crippen molar-refractivity contribution in [1.82, 2.24) is 0 Å². The number of ether oxygens (including phenoxy) is 2. The normalized spacial score (nSPS) is 25.9. The van der Waals surface area contributed by atoms with Gasteiger partial charge < -0.3 is 9.47 Å². The van der Waals surface area contributed by atoms with E-state index in [9.17, 15) is 0 Å². The SMILES string of the molecule is CC.CC.[B]CC1(SC(C)(C)C2COC(C)(C)O2)CC1. The van der Waals surface area contributed by atoms with E-state index in [1.165, 1.54) is 12.8 Å². The predicted molar refractivity (Wildman–Crippen MR) is 91.8 cm³/mol. The second kappa shape index (κ2) is 8.10. The highest BCUT2D eigenvalue weighted by Gasteiger charge is 2.50. The first-order chi connectivity index (χ1) is 9.29. The summed E-state index contributed by atoms with van der Waals surface area (Å²) in [5.41, 5.74) is 0. The molecule has 20 heavy (non-hydrogen) atoms. The average molecular weight is 300 g/mol. The van der Waals surface area contributed by atoms with E-state index in [2.05, 4.69) is 13.8 Å². The largest absolute Gasteiger partial charge is 0.348 e. The number of hydrogen-bond donors (Lipinski definition) is 0. The first-order valence-corrected chi connectivity index (χ1v) is 8.82. The maximum absolute atomic E-state index is 5.95. The van der Waals surface area contributed by atoms with Gasteiger partial charge in [0.2, 0.25) is 0 Å². The third kappa shape index (κ3) is 5.61. The second-order valence-corrected chi connectivity index (χ2v) is 8.03. The van der Waals surface area contributed by atoms with Crippen LogP contribution in [0.5, 0.6) is 0 Å². The molecule has 118 valence electrons. The highest BCUT2D eigenvalue weighted by atomic mass is 32.2. The van der Waals surface area contributed by atoms with E-state index < -0.39 is 5.79 Å². The van der Waals surface area contributed by atoms with E-state index in [0.717, 1.165) is 6.32 Å². The van der Waals surface area contributed by atoms with Crippen LogP contribution in [-0.4, -0.2) is 35.8 Å². The van der Waals surface area contributed by atoms with Gasteiger partial charge in [-0.3, -0.25) is 0 Å². The topological polar surface area (TPSA) is 18.5 Å². The molecule has 2 radical (unpaired) electrons. The Morgan fingerprint density at radius 2 is 1.65 bits per heavy atom. The van der Waals surface area contributed by atoms with Crippen LogP contribution in [0.1, 0.15) is 68.2 Å². The minimum absolute atomic E-state index is 0.0731. The van der Waals surface area contributed by atoms with Gasteiger partial charge in [-0.2, -0.15) is 0 Å². The Hall–Kier alpha value is 0.335. The fraction of sp³-hybridized carbons (Fsp3) is 1.00. The Bertz CT molecular complexity index is 276. The van der Waals surface area contributed by atoms with Crippen LogP contribution in [0, 0.1) is 0 Å². The Balaban J connectivity index is 0.000000829. The highest BCUT2D eigenvalue weighted by molar-refractivity contribution is 8.02. The Labute approximate surface area is 132 Å². The first kappa shape index (κ1) is 20.3. The molecular weight excluding hydrogens is 267 g/mol. The molecule has 2 rings (SSSR count). The van der Waals surface area contributed by atoms with Gasteiger partial charge in [-0.1, -0.05) is 34.0 Å². The Morgan fingerprint density at radius 1 is 1.15 bits per heavy atom. The molecule has 0 spiro atoms. The van der Waals surface area contributed by atoms with Crippen molar-refractivity contribution >= 4 is 19.6 Å². The number of thioether (sulfide) groups is 1. The van der Waals surface area contributed by atoms with Crippen molar-refractivity contribution in [3.63, 3.8) is 0 Å². The van der Waals surface area contributed by atoms with E-state index in [0.29, 0.717) is 11.4 Å². The van der Waals surface area contributed by atoms with Crippen molar-refractivity contribution in [2.24, 2.45) is 0 Å². The van der Waals surface area contributed by atoms with Crippen LogP contribution >= 0.6 is 11.8 Å². The molecular formula is C16H33BO2S. The zero-order valence-electron chi connectivity index (χ0n) is 14.7. The first-order valence-electron chi connectivity index (χ1n) is 8.01. The van der Waals surface area contributed by atoms with Crippen molar-refractivity contribution in [1.29, 1.82) is 0 Å². The van der Waals surface area contributed by atoms with Gasteiger partial charge in [0, 0.05) is 9.49 Å². The smallest absolute Gasteiger partial charge is 0.163 e. The van der Waals surface area contributed by atoms with Crippen molar-refractivity contribution in [3.8, 4) is 0 Å². The molecule has 1 unspecified atom stereocenters. The molecule has 1 aliphatic heterocycles. The number of rotatable bonds is 4. The molecule has 4 heteroatoms. The van der Waals surface area contributed by atoms with Gasteiger partial charge in [0.25, 0.3) is 0 Å². The molecule has 0 amide bonds. The summed E-state index contributed by atoms with van der Waals surface area (Å²) in [6.45, 7) is 17.1. The molecule has 0 aromatic heterocycles. The van der Waals surface area contributed by atoms with Crippen LogP contribution < -0.4 is 0 Å². The lowest BCUT2D eigenvalue weighted by Gasteiger charge is -2.34. The number of hydrogen-bond acceptors (Lipinski definition) is 3. The maximum Gasteiger partial charge on any atom is 0.163 e. The van der Waals surface area contributed by atoms with Crippen molar-refractivity contribution in [3.05, 3.63) is 0 Å². The van der Waals surface area contributed by atoms with Crippen molar-refractivity contribution in [2.45, 2.75) is 95.9 Å². The van der Waals surface area contributed by atoms with E-state index in [-0.39, 0.29) is 10.9 Å². The summed E-state index contributed by atoms with van der Waals surface area (Å²) < 4.78 is 12.0. The van der Waals surface area contributed by atoms with Gasteiger partial charge in [0.15, 0.2) is 5.79 Å². The van der Waals surface area contributed by atoms with Crippen molar-refractivity contribution in [2.75, 3.05) is 6.61 Å². The summed E-state index contributed by atoms with van der Waals surface area (Å²) in [6, 6.07) is 0. The second-order valence-electron chi connectivity index (χ2n) is 5.91. The van der Waals surface area contributed by atoms with Crippen LogP contribution in [0.3, 0.4) is 0 Å². The summed E-state index contributed by atoms with van der Waals surface area (Å²) in [5, 5.41) is 0. The Kier molecular flexibility index (Phi) is 8.23. The van der Waals surface area contributed by atoms with E-state index in [1.54, 1.807) is 0 Å². The summed E-state index contributed by atoms with van der Waals surface area (Å²) in [7, 11) is 5.84. The van der Waals surface area contributed by atoms with Crippen LogP contribution in [0.25, 0.3) is 0 Å². The van der Waals surface area contributed by atoms with Gasteiger partial charge in [-0.05, 0) is 40.5 Å². The standard InChI is InChI=1S/C12H21BO2S.2C2H6/c1-10(2,16-12(8-13)5-6-12)9-7-14-11(3,4)15-9;2*1-2/h9H,5-8H2,1-4H3;2*1-2H3. The minimum atomic E-state index is -0.429. The van der Waals surface area contributed by atoms with Crippen LogP contribution in [0.4, 0.5) is 0 Å². The van der Waals surface area contributed by atoms with E-state index in [4.69, 9.17) is 17.3 Å². The highest BCUT2D eigenvalue weighted by Crippen LogP contribution is 2.57. The molecule has 0 bridgehead atoms. The molecule has 1 atom stereocenters. The predicted octanol–water partition coefficient (Wildman–Crippen LogP) is 4.82. The molecule has 2 nitrogen and oxygen atoms in total. The lowest BCUT2D eigenvalue weighted by Crippen LogP contribution is -2.38. The Morgan fingerprint density at radius 3 is 1.95 bits per heavy atom. The summed E-state index contributed by atoms with van der Waals surface area (Å²) >= 11 is 1.98. The monoisotopic (exact) mass is 300 g/mol. The molecule has 0 aromatic carbocycles. The summed E-state index contributed by atoms with van der Waals surface area (Å²) in [5.74, 6) is -0.429. The molecule has 0 aromatic rings. The zero-order valence-corrected chi connectivity index (χ0v) is 15.5. The molecule has 1 aliphatic carbocycles. The molecule has 1 saturated heterocycles. The lowest BCUT2D eigenvalue weighted by atomic mass is 10.0. The quantitative estimate of drug-likeness (QED) is 0.693. The van der Waals surface area contributed by atoms with Crippen LogP contribution in [-0.2, 0) is 9.47 Å². The van der Waals surface area contributed by atoms with Gasteiger partial charge >= 0.3 is 0 Å². The molecule has 1 heterocycles. The molecule has 1 saturated carbocycles. The third-order valence-corrected chi connectivity index (χ3v) is 5.24. The van der Waals surface area contributed by atoms with Crippen molar-refractivity contribution < 1.29 is 9.47 Å². The third-order valence-electron chi connectivity index (χ3n) is 3.44.